The molecule has 5 heteroatoms. The van der Waals surface area contributed by atoms with Gasteiger partial charge in [0, 0.05) is 17.3 Å². The lowest BCUT2D eigenvalue weighted by atomic mass is 10.1. The number of pyridine rings is 1. The molecule has 1 aliphatic rings. The average Bonchev–Trinajstić information content (AvgIpc) is 2.43. The Morgan fingerprint density at radius 3 is 2.75 bits per heavy atom. The van der Waals surface area contributed by atoms with Crippen LogP contribution in [0.5, 0.6) is 0 Å². The number of nitrogens with zero attached hydrogens (tertiary/aromatic N) is 2. The number of aromatic nitrogens is 1. The van der Waals surface area contributed by atoms with Gasteiger partial charge >= 0.3 is 0 Å². The summed E-state index contributed by atoms with van der Waals surface area (Å²) in [7, 11) is 0. The molecule has 0 amide bonds. The van der Waals surface area contributed by atoms with Crippen LogP contribution in [-0.4, -0.2) is 16.6 Å². The molecule has 2 heterocycles. The van der Waals surface area contributed by atoms with Crippen molar-refractivity contribution in [3.05, 3.63) is 63.9 Å². The summed E-state index contributed by atoms with van der Waals surface area (Å²) in [5.74, 6) is 0.737. The molecular weight excluding hydrogens is 252 g/mol. The Kier molecular flexibility index (Phi) is 3.12. The molecule has 0 radical (unpaired) electrons. The minimum absolute atomic E-state index is 0.0537. The van der Waals surface area contributed by atoms with Gasteiger partial charge in [-0.25, -0.2) is 0 Å². The van der Waals surface area contributed by atoms with Crippen molar-refractivity contribution >= 4 is 11.5 Å². The molecule has 1 aromatic heterocycles. The molecule has 2 aromatic rings. The van der Waals surface area contributed by atoms with Crippen LogP contribution >= 0.6 is 0 Å². The number of anilines is 1. The third-order valence-electron chi connectivity index (χ3n) is 3.37. The fourth-order valence-electron chi connectivity index (χ4n) is 2.40. The van der Waals surface area contributed by atoms with Crippen LogP contribution < -0.4 is 16.6 Å². The van der Waals surface area contributed by atoms with Gasteiger partial charge in [0.05, 0.1) is 6.54 Å². The van der Waals surface area contributed by atoms with E-state index >= 15 is 0 Å². The van der Waals surface area contributed by atoms with Crippen molar-refractivity contribution in [3.63, 3.8) is 0 Å². The van der Waals surface area contributed by atoms with E-state index < -0.39 is 6.29 Å². The molecule has 0 saturated heterocycles. The van der Waals surface area contributed by atoms with Gasteiger partial charge in [0.25, 0.3) is 5.56 Å². The lowest BCUT2D eigenvalue weighted by Crippen LogP contribution is -2.37. The summed E-state index contributed by atoms with van der Waals surface area (Å²) in [5, 5.41) is 3.07. The molecule has 0 bridgehead atoms. The van der Waals surface area contributed by atoms with Crippen LogP contribution in [-0.2, 0) is 6.54 Å². The van der Waals surface area contributed by atoms with Crippen LogP contribution in [0, 0.1) is 0 Å². The largest absolute Gasteiger partial charge is 0.337 e. The summed E-state index contributed by atoms with van der Waals surface area (Å²) in [6.45, 7) is 2.41. The van der Waals surface area contributed by atoms with Crippen molar-refractivity contribution in [2.24, 2.45) is 10.7 Å². The van der Waals surface area contributed by atoms with Gasteiger partial charge in [0.1, 0.15) is 5.82 Å². The van der Waals surface area contributed by atoms with Gasteiger partial charge in [-0.1, -0.05) is 30.3 Å². The first-order valence-corrected chi connectivity index (χ1v) is 6.50. The second kappa shape index (κ2) is 4.94. The van der Waals surface area contributed by atoms with Crippen molar-refractivity contribution in [1.29, 1.82) is 0 Å². The zero-order valence-electron chi connectivity index (χ0n) is 11.2. The molecule has 3 rings (SSSR count). The third-order valence-corrected chi connectivity index (χ3v) is 3.37. The highest BCUT2D eigenvalue weighted by atomic mass is 16.1. The third kappa shape index (κ3) is 2.23. The Morgan fingerprint density at radius 1 is 1.25 bits per heavy atom. The van der Waals surface area contributed by atoms with E-state index in [1.807, 2.05) is 37.3 Å². The minimum atomic E-state index is -0.508. The molecule has 20 heavy (non-hydrogen) atoms. The maximum absolute atomic E-state index is 12.2. The van der Waals surface area contributed by atoms with Gasteiger partial charge in [0.2, 0.25) is 0 Å². The molecule has 0 fully saturated rings. The molecule has 0 spiro atoms. The Balaban J connectivity index is 2.10. The van der Waals surface area contributed by atoms with E-state index in [0.29, 0.717) is 6.54 Å². The highest BCUT2D eigenvalue weighted by molar-refractivity contribution is 6.04. The minimum Gasteiger partial charge on any atom is -0.337 e. The van der Waals surface area contributed by atoms with E-state index in [1.165, 1.54) is 0 Å². The van der Waals surface area contributed by atoms with Gasteiger partial charge < -0.3 is 5.32 Å². The van der Waals surface area contributed by atoms with E-state index in [0.717, 1.165) is 22.7 Å². The zero-order chi connectivity index (χ0) is 14.1. The molecular formula is C15H16N4O. The van der Waals surface area contributed by atoms with Crippen molar-refractivity contribution < 1.29 is 0 Å². The molecule has 3 N–H and O–H groups in total. The molecule has 1 unspecified atom stereocenters. The lowest BCUT2D eigenvalue weighted by molar-refractivity contribution is 0.717. The normalized spacial score (nSPS) is 17.1. The van der Waals surface area contributed by atoms with Crippen LogP contribution in [0.1, 0.15) is 18.1 Å². The highest BCUT2D eigenvalue weighted by Crippen LogP contribution is 2.20. The fraction of sp³-hybridized carbons (Fsp3) is 0.200. The number of rotatable bonds is 2. The molecule has 5 nitrogen and oxygen atoms in total. The number of hydrogen-bond acceptors (Lipinski definition) is 4. The van der Waals surface area contributed by atoms with Gasteiger partial charge in [-0.15, -0.1) is 0 Å². The van der Waals surface area contributed by atoms with Crippen molar-refractivity contribution in [2.45, 2.75) is 19.8 Å². The number of nitrogens with one attached hydrogen (secondary N) is 1. The molecule has 1 aromatic carbocycles. The second-order valence-electron chi connectivity index (χ2n) is 4.81. The van der Waals surface area contributed by atoms with E-state index in [2.05, 4.69) is 10.3 Å². The highest BCUT2D eigenvalue weighted by Gasteiger charge is 2.19. The summed E-state index contributed by atoms with van der Waals surface area (Å²) in [6.07, 6.45) is -0.508. The Morgan fingerprint density at radius 2 is 2.00 bits per heavy atom. The summed E-state index contributed by atoms with van der Waals surface area (Å²) in [5.41, 5.74) is 8.61. The molecule has 102 valence electrons. The van der Waals surface area contributed by atoms with Crippen molar-refractivity contribution in [1.82, 2.24) is 4.57 Å². The number of hydrogen-bond donors (Lipinski definition) is 2. The smallest absolute Gasteiger partial charge is 0.252 e. The maximum Gasteiger partial charge on any atom is 0.252 e. The Labute approximate surface area is 116 Å². The summed E-state index contributed by atoms with van der Waals surface area (Å²) < 4.78 is 1.70. The molecule has 0 aliphatic carbocycles. The van der Waals surface area contributed by atoms with E-state index in [1.54, 1.807) is 16.7 Å². The van der Waals surface area contributed by atoms with Gasteiger partial charge in [-0.2, -0.15) is 0 Å². The number of benzene rings is 1. The van der Waals surface area contributed by atoms with Gasteiger partial charge in [0.15, 0.2) is 6.29 Å². The van der Waals surface area contributed by atoms with Crippen LogP contribution in [0.2, 0.25) is 0 Å². The first kappa shape index (κ1) is 12.6. The van der Waals surface area contributed by atoms with E-state index in [-0.39, 0.29) is 5.56 Å². The summed E-state index contributed by atoms with van der Waals surface area (Å²) >= 11 is 0. The SMILES string of the molecule is CC1=NC(N)Nc2c1ccc(=O)n2Cc1ccccc1. The van der Waals surface area contributed by atoms with Crippen LogP contribution in [0.3, 0.4) is 0 Å². The predicted octanol–water partition coefficient (Wildman–Crippen LogP) is 1.37. The maximum atomic E-state index is 12.2. The number of nitrogens with two attached hydrogens (primary N) is 1. The van der Waals surface area contributed by atoms with Crippen LogP contribution in [0.25, 0.3) is 0 Å². The average molecular weight is 268 g/mol. The Hall–Kier alpha value is -2.40. The van der Waals surface area contributed by atoms with Crippen LogP contribution in [0.15, 0.2) is 52.3 Å². The van der Waals surface area contributed by atoms with E-state index in [4.69, 9.17) is 5.73 Å². The summed E-state index contributed by atoms with van der Waals surface area (Å²) in [4.78, 5) is 16.4. The number of fused-ring (bicyclic) bond motifs is 1. The monoisotopic (exact) mass is 268 g/mol. The van der Waals surface area contributed by atoms with E-state index in [9.17, 15) is 4.79 Å². The quantitative estimate of drug-likeness (QED) is 0.864. The lowest BCUT2D eigenvalue weighted by Gasteiger charge is -2.24. The number of aliphatic imine (C=N–C) groups is 1. The molecule has 1 aliphatic heterocycles. The van der Waals surface area contributed by atoms with Gasteiger partial charge in [-0.3, -0.25) is 20.1 Å². The topological polar surface area (TPSA) is 72.4 Å². The second-order valence-corrected chi connectivity index (χ2v) is 4.81. The first-order chi connectivity index (χ1) is 9.65. The zero-order valence-corrected chi connectivity index (χ0v) is 11.2. The summed E-state index contributed by atoms with van der Waals surface area (Å²) in [6, 6.07) is 13.2. The molecule has 1 atom stereocenters. The standard InChI is InChI=1S/C15H16N4O/c1-10-12-7-8-13(20)19(14(12)18-15(16)17-10)9-11-5-3-2-4-6-11/h2-8,15,18H,9,16H2,1H3. The molecule has 0 saturated carbocycles. The van der Waals surface area contributed by atoms with Gasteiger partial charge in [-0.05, 0) is 18.6 Å². The van der Waals surface area contributed by atoms with Crippen molar-refractivity contribution in [3.8, 4) is 0 Å². The first-order valence-electron chi connectivity index (χ1n) is 6.50. The predicted molar refractivity (Wildman–Crippen MR) is 80.1 cm³/mol. The van der Waals surface area contributed by atoms with Crippen molar-refractivity contribution in [2.75, 3.05) is 5.32 Å². The Bertz CT molecular complexity index is 718. The van der Waals surface area contributed by atoms with Crippen LogP contribution in [0.4, 0.5) is 5.82 Å². The fourth-order valence-corrected chi connectivity index (χ4v) is 2.40.